The molecule has 0 radical (unpaired) electrons. The first-order valence-electron chi connectivity index (χ1n) is 7.96. The monoisotopic (exact) mass is 306 g/mol. The molecule has 0 aromatic heterocycles. The summed E-state index contributed by atoms with van der Waals surface area (Å²) in [7, 11) is 0. The number of hydrogen-bond donors (Lipinski definition) is 1. The number of phenolic OH excluding ortho intramolecular Hbond substituents is 1. The molecule has 0 unspecified atom stereocenters. The SMILES string of the molecule is CC(C)COC(=O)N1CCN(CCc2ccc(O)cc2)CC1. The zero-order chi connectivity index (χ0) is 15.9. The standard InChI is InChI=1S/C17H26N2O3/c1-14(2)13-22-17(21)19-11-9-18(10-12-19)8-7-15-3-5-16(20)6-4-15/h3-6,14,20H,7-13H2,1-2H3. The van der Waals surface area contributed by atoms with Gasteiger partial charge in [-0.25, -0.2) is 4.79 Å². The van der Waals surface area contributed by atoms with Crippen molar-refractivity contribution in [3.8, 4) is 5.75 Å². The van der Waals surface area contributed by atoms with E-state index in [2.05, 4.69) is 4.90 Å². The van der Waals surface area contributed by atoms with E-state index >= 15 is 0 Å². The molecule has 1 saturated heterocycles. The summed E-state index contributed by atoms with van der Waals surface area (Å²) in [5.41, 5.74) is 1.22. The Morgan fingerprint density at radius 1 is 1.18 bits per heavy atom. The summed E-state index contributed by atoms with van der Waals surface area (Å²) < 4.78 is 5.26. The van der Waals surface area contributed by atoms with Crippen LogP contribution in [0.2, 0.25) is 0 Å². The molecule has 1 N–H and O–H groups in total. The van der Waals surface area contributed by atoms with Crippen LogP contribution in [0.25, 0.3) is 0 Å². The van der Waals surface area contributed by atoms with Gasteiger partial charge in [-0.3, -0.25) is 4.90 Å². The molecule has 1 heterocycles. The van der Waals surface area contributed by atoms with E-state index in [9.17, 15) is 9.90 Å². The third kappa shape index (κ3) is 5.22. The number of rotatable bonds is 5. The van der Waals surface area contributed by atoms with Crippen molar-refractivity contribution in [2.24, 2.45) is 5.92 Å². The quantitative estimate of drug-likeness (QED) is 0.907. The Labute approximate surface area is 132 Å². The van der Waals surface area contributed by atoms with Gasteiger partial charge in [-0.2, -0.15) is 0 Å². The van der Waals surface area contributed by atoms with Gasteiger partial charge in [-0.1, -0.05) is 26.0 Å². The molecule has 0 saturated carbocycles. The number of nitrogens with zero attached hydrogens (tertiary/aromatic N) is 2. The second-order valence-corrected chi connectivity index (χ2v) is 6.22. The number of ether oxygens (including phenoxy) is 1. The molecule has 0 spiro atoms. The van der Waals surface area contributed by atoms with Crippen LogP contribution in [0.1, 0.15) is 19.4 Å². The topological polar surface area (TPSA) is 53.0 Å². The predicted molar refractivity (Wildman–Crippen MR) is 86.0 cm³/mol. The number of aromatic hydroxyl groups is 1. The van der Waals surface area contributed by atoms with Crippen LogP contribution in [0, 0.1) is 5.92 Å². The Morgan fingerprint density at radius 3 is 2.41 bits per heavy atom. The second kappa shape index (κ2) is 8.03. The summed E-state index contributed by atoms with van der Waals surface area (Å²) in [5.74, 6) is 0.674. The highest BCUT2D eigenvalue weighted by molar-refractivity contribution is 5.67. The molecule has 1 aromatic rings. The molecule has 1 aliphatic rings. The average molecular weight is 306 g/mol. The molecule has 1 aliphatic heterocycles. The van der Waals surface area contributed by atoms with E-state index in [1.807, 2.05) is 26.0 Å². The van der Waals surface area contributed by atoms with E-state index in [0.717, 1.165) is 39.1 Å². The maximum Gasteiger partial charge on any atom is 0.409 e. The molecule has 2 rings (SSSR count). The largest absolute Gasteiger partial charge is 0.508 e. The Balaban J connectivity index is 1.68. The van der Waals surface area contributed by atoms with Gasteiger partial charge < -0.3 is 14.7 Å². The number of hydrogen-bond acceptors (Lipinski definition) is 4. The van der Waals surface area contributed by atoms with Crippen molar-refractivity contribution in [2.75, 3.05) is 39.3 Å². The summed E-state index contributed by atoms with van der Waals surface area (Å²) in [4.78, 5) is 16.0. The minimum Gasteiger partial charge on any atom is -0.508 e. The second-order valence-electron chi connectivity index (χ2n) is 6.22. The van der Waals surface area contributed by atoms with Crippen LogP contribution < -0.4 is 0 Å². The van der Waals surface area contributed by atoms with Gasteiger partial charge >= 0.3 is 6.09 Å². The molecular weight excluding hydrogens is 280 g/mol. The Morgan fingerprint density at radius 2 is 1.82 bits per heavy atom. The van der Waals surface area contributed by atoms with Crippen LogP contribution in [0.4, 0.5) is 4.79 Å². The molecule has 0 aliphatic carbocycles. The highest BCUT2D eigenvalue weighted by Gasteiger charge is 2.21. The number of benzene rings is 1. The fourth-order valence-electron chi connectivity index (χ4n) is 2.43. The predicted octanol–water partition coefficient (Wildman–Crippen LogP) is 2.34. The lowest BCUT2D eigenvalue weighted by atomic mass is 10.1. The van der Waals surface area contributed by atoms with Crippen molar-refractivity contribution >= 4 is 6.09 Å². The zero-order valence-electron chi connectivity index (χ0n) is 13.5. The van der Waals surface area contributed by atoms with Crippen molar-refractivity contribution in [3.05, 3.63) is 29.8 Å². The summed E-state index contributed by atoms with van der Waals surface area (Å²) in [6, 6.07) is 7.35. The summed E-state index contributed by atoms with van der Waals surface area (Å²) >= 11 is 0. The highest BCUT2D eigenvalue weighted by Crippen LogP contribution is 2.11. The molecular formula is C17H26N2O3. The van der Waals surface area contributed by atoms with Gasteiger partial charge in [0.05, 0.1) is 6.61 Å². The minimum absolute atomic E-state index is 0.188. The van der Waals surface area contributed by atoms with E-state index in [0.29, 0.717) is 18.3 Å². The van der Waals surface area contributed by atoms with Crippen LogP contribution in [0.15, 0.2) is 24.3 Å². The fourth-order valence-corrected chi connectivity index (χ4v) is 2.43. The van der Waals surface area contributed by atoms with Gasteiger partial charge in [0.2, 0.25) is 0 Å². The molecule has 5 nitrogen and oxygen atoms in total. The summed E-state index contributed by atoms with van der Waals surface area (Å²) in [5, 5.41) is 9.27. The van der Waals surface area contributed by atoms with Gasteiger partial charge in [0.25, 0.3) is 0 Å². The van der Waals surface area contributed by atoms with Crippen molar-refractivity contribution in [2.45, 2.75) is 20.3 Å². The van der Waals surface area contributed by atoms with Crippen molar-refractivity contribution in [1.29, 1.82) is 0 Å². The van der Waals surface area contributed by atoms with Crippen LogP contribution in [-0.4, -0.2) is 60.3 Å². The molecule has 22 heavy (non-hydrogen) atoms. The van der Waals surface area contributed by atoms with Crippen molar-refractivity contribution < 1.29 is 14.6 Å². The highest BCUT2D eigenvalue weighted by atomic mass is 16.6. The van der Waals surface area contributed by atoms with Gasteiger partial charge in [0, 0.05) is 32.7 Å². The van der Waals surface area contributed by atoms with Crippen LogP contribution >= 0.6 is 0 Å². The molecule has 0 bridgehead atoms. The molecule has 0 atom stereocenters. The normalized spacial score (nSPS) is 16.0. The number of carbonyl (C=O) groups excluding carboxylic acids is 1. The van der Waals surface area contributed by atoms with Crippen LogP contribution in [0.5, 0.6) is 5.75 Å². The lowest BCUT2D eigenvalue weighted by Gasteiger charge is -2.34. The fraction of sp³-hybridized carbons (Fsp3) is 0.588. The van der Waals surface area contributed by atoms with Gasteiger partial charge in [-0.15, -0.1) is 0 Å². The summed E-state index contributed by atoms with van der Waals surface area (Å²) in [6.45, 7) is 8.76. The number of amides is 1. The number of phenols is 1. The Hall–Kier alpha value is -1.75. The summed E-state index contributed by atoms with van der Waals surface area (Å²) in [6.07, 6.45) is 0.768. The maximum atomic E-state index is 11.9. The van der Waals surface area contributed by atoms with Crippen LogP contribution in [-0.2, 0) is 11.2 Å². The molecule has 122 valence electrons. The van der Waals surface area contributed by atoms with Crippen molar-refractivity contribution in [3.63, 3.8) is 0 Å². The van der Waals surface area contributed by atoms with E-state index < -0.39 is 0 Å². The molecule has 5 heteroatoms. The number of carbonyl (C=O) groups is 1. The smallest absolute Gasteiger partial charge is 0.409 e. The number of piperazine rings is 1. The average Bonchev–Trinajstić information content (AvgIpc) is 2.52. The van der Waals surface area contributed by atoms with E-state index in [4.69, 9.17) is 4.74 Å². The Kier molecular flexibility index (Phi) is 6.07. The van der Waals surface area contributed by atoms with E-state index in [-0.39, 0.29) is 6.09 Å². The minimum atomic E-state index is -0.188. The van der Waals surface area contributed by atoms with Gasteiger partial charge in [-0.05, 0) is 30.0 Å². The molecule has 1 fully saturated rings. The van der Waals surface area contributed by atoms with Gasteiger partial charge in [0.15, 0.2) is 0 Å². The third-order valence-corrected chi connectivity index (χ3v) is 3.82. The van der Waals surface area contributed by atoms with E-state index in [1.54, 1.807) is 17.0 Å². The first-order chi connectivity index (χ1) is 10.5. The molecule has 1 aromatic carbocycles. The first kappa shape index (κ1) is 16.6. The van der Waals surface area contributed by atoms with E-state index in [1.165, 1.54) is 5.56 Å². The third-order valence-electron chi connectivity index (χ3n) is 3.82. The zero-order valence-corrected chi connectivity index (χ0v) is 13.5. The first-order valence-corrected chi connectivity index (χ1v) is 7.96. The lowest BCUT2D eigenvalue weighted by Crippen LogP contribution is -2.49. The Bertz CT molecular complexity index is 465. The van der Waals surface area contributed by atoms with Gasteiger partial charge in [0.1, 0.15) is 5.75 Å². The molecule has 1 amide bonds. The van der Waals surface area contributed by atoms with Crippen LogP contribution in [0.3, 0.4) is 0 Å². The van der Waals surface area contributed by atoms with Crippen molar-refractivity contribution in [1.82, 2.24) is 9.80 Å². The maximum absolute atomic E-state index is 11.9. The lowest BCUT2D eigenvalue weighted by molar-refractivity contribution is 0.0693.